The highest BCUT2D eigenvalue weighted by Gasteiger charge is 2.20. The van der Waals surface area contributed by atoms with Crippen LogP contribution in [0.5, 0.6) is 0 Å². The molecule has 0 bridgehead atoms. The number of aryl methyl sites for hydroxylation is 1. The van der Waals surface area contributed by atoms with Gasteiger partial charge in [0.2, 0.25) is 5.89 Å². The number of nitrogens with zero attached hydrogens (tertiary/aromatic N) is 3. The molecule has 0 unspecified atom stereocenters. The van der Waals surface area contributed by atoms with Crippen molar-refractivity contribution < 1.29 is 4.52 Å². The standard InChI is InChI=1S/C11H20N4O/c1-3-4-10-13-11(16-14-10)8-15-6-5-12-7-9(15)2/h9,12H,3-8H2,1-2H3/t9-/m0/s1. The fourth-order valence-corrected chi connectivity index (χ4v) is 1.97. The van der Waals surface area contributed by atoms with Crippen LogP contribution in [0.1, 0.15) is 32.0 Å². The Kier molecular flexibility index (Phi) is 3.90. The van der Waals surface area contributed by atoms with E-state index in [2.05, 4.69) is 34.2 Å². The second-order valence-corrected chi connectivity index (χ2v) is 4.38. The fourth-order valence-electron chi connectivity index (χ4n) is 1.97. The summed E-state index contributed by atoms with van der Waals surface area (Å²) < 4.78 is 5.25. The predicted molar refractivity (Wildman–Crippen MR) is 61.0 cm³/mol. The van der Waals surface area contributed by atoms with Gasteiger partial charge in [0, 0.05) is 32.1 Å². The highest BCUT2D eigenvalue weighted by molar-refractivity contribution is 4.88. The normalized spacial score (nSPS) is 22.5. The van der Waals surface area contributed by atoms with Gasteiger partial charge in [0.25, 0.3) is 0 Å². The molecule has 1 aromatic heterocycles. The number of hydrogen-bond donors (Lipinski definition) is 1. The first kappa shape index (κ1) is 11.5. The van der Waals surface area contributed by atoms with Crippen LogP contribution < -0.4 is 5.32 Å². The van der Waals surface area contributed by atoms with Crippen molar-refractivity contribution in [1.82, 2.24) is 20.4 Å². The van der Waals surface area contributed by atoms with Crippen molar-refractivity contribution in [2.24, 2.45) is 0 Å². The van der Waals surface area contributed by atoms with Gasteiger partial charge in [-0.2, -0.15) is 4.98 Å². The molecule has 1 N–H and O–H groups in total. The molecule has 0 saturated carbocycles. The summed E-state index contributed by atoms with van der Waals surface area (Å²) in [6.45, 7) is 8.24. The Labute approximate surface area is 96.2 Å². The molecule has 0 spiro atoms. The van der Waals surface area contributed by atoms with E-state index in [4.69, 9.17) is 4.52 Å². The Hall–Kier alpha value is -0.940. The third kappa shape index (κ3) is 2.80. The van der Waals surface area contributed by atoms with E-state index in [1.807, 2.05) is 0 Å². The average molecular weight is 224 g/mol. The van der Waals surface area contributed by atoms with E-state index in [0.717, 1.165) is 50.7 Å². The smallest absolute Gasteiger partial charge is 0.240 e. The molecule has 2 rings (SSSR count). The number of aromatic nitrogens is 2. The van der Waals surface area contributed by atoms with Crippen LogP contribution in [0, 0.1) is 0 Å². The molecule has 1 aliphatic rings. The van der Waals surface area contributed by atoms with Crippen molar-refractivity contribution in [2.75, 3.05) is 19.6 Å². The topological polar surface area (TPSA) is 54.2 Å². The summed E-state index contributed by atoms with van der Waals surface area (Å²) in [5.74, 6) is 1.58. The Bertz CT molecular complexity index is 326. The number of piperazine rings is 1. The summed E-state index contributed by atoms with van der Waals surface area (Å²) in [6, 6.07) is 0.537. The maximum atomic E-state index is 5.25. The lowest BCUT2D eigenvalue weighted by atomic mass is 10.2. The van der Waals surface area contributed by atoms with E-state index in [9.17, 15) is 0 Å². The molecular weight excluding hydrogens is 204 g/mol. The van der Waals surface area contributed by atoms with Gasteiger partial charge in [-0.25, -0.2) is 0 Å². The Morgan fingerprint density at radius 3 is 3.19 bits per heavy atom. The van der Waals surface area contributed by atoms with Crippen molar-refractivity contribution >= 4 is 0 Å². The summed E-state index contributed by atoms with van der Waals surface area (Å²) in [5, 5.41) is 7.34. The molecule has 1 saturated heterocycles. The molecule has 90 valence electrons. The predicted octanol–water partition coefficient (Wildman–Crippen LogP) is 0.816. The largest absolute Gasteiger partial charge is 0.338 e. The van der Waals surface area contributed by atoms with Crippen LogP contribution in [-0.4, -0.2) is 40.7 Å². The van der Waals surface area contributed by atoms with Crippen molar-refractivity contribution in [3.8, 4) is 0 Å². The molecule has 1 aromatic rings. The molecule has 1 atom stereocenters. The first-order valence-corrected chi connectivity index (χ1v) is 6.06. The molecule has 5 nitrogen and oxygen atoms in total. The van der Waals surface area contributed by atoms with Gasteiger partial charge < -0.3 is 9.84 Å². The van der Waals surface area contributed by atoms with Gasteiger partial charge in [0.1, 0.15) is 0 Å². The van der Waals surface area contributed by atoms with E-state index >= 15 is 0 Å². The van der Waals surface area contributed by atoms with Gasteiger partial charge in [0.15, 0.2) is 5.82 Å². The fraction of sp³-hybridized carbons (Fsp3) is 0.818. The summed E-state index contributed by atoms with van der Waals surface area (Å²) in [6.07, 6.45) is 1.96. The maximum absolute atomic E-state index is 5.25. The third-order valence-electron chi connectivity index (χ3n) is 2.96. The molecule has 1 aliphatic heterocycles. The van der Waals surface area contributed by atoms with Crippen molar-refractivity contribution in [3.63, 3.8) is 0 Å². The van der Waals surface area contributed by atoms with Crippen molar-refractivity contribution in [1.29, 1.82) is 0 Å². The highest BCUT2D eigenvalue weighted by atomic mass is 16.5. The average Bonchev–Trinajstić information content (AvgIpc) is 2.70. The minimum Gasteiger partial charge on any atom is -0.338 e. The first-order valence-electron chi connectivity index (χ1n) is 6.06. The van der Waals surface area contributed by atoms with Gasteiger partial charge in [-0.1, -0.05) is 12.1 Å². The quantitative estimate of drug-likeness (QED) is 0.820. The first-order chi connectivity index (χ1) is 7.79. The summed E-state index contributed by atoms with van der Waals surface area (Å²) in [7, 11) is 0. The zero-order valence-corrected chi connectivity index (χ0v) is 10.1. The van der Waals surface area contributed by atoms with E-state index in [-0.39, 0.29) is 0 Å². The Balaban J connectivity index is 1.91. The third-order valence-corrected chi connectivity index (χ3v) is 2.96. The van der Waals surface area contributed by atoms with Crippen LogP contribution >= 0.6 is 0 Å². The number of nitrogens with one attached hydrogen (secondary N) is 1. The van der Waals surface area contributed by atoms with Crippen LogP contribution in [0.25, 0.3) is 0 Å². The molecule has 2 heterocycles. The lowest BCUT2D eigenvalue weighted by Gasteiger charge is -2.32. The minimum atomic E-state index is 0.537. The maximum Gasteiger partial charge on any atom is 0.240 e. The second kappa shape index (κ2) is 5.41. The van der Waals surface area contributed by atoms with Gasteiger partial charge in [-0.3, -0.25) is 4.90 Å². The van der Waals surface area contributed by atoms with Crippen molar-refractivity contribution in [2.45, 2.75) is 39.3 Å². The molecule has 0 aromatic carbocycles. The minimum absolute atomic E-state index is 0.537. The van der Waals surface area contributed by atoms with Gasteiger partial charge >= 0.3 is 0 Å². The van der Waals surface area contributed by atoms with Crippen LogP contribution in [0.15, 0.2) is 4.52 Å². The van der Waals surface area contributed by atoms with Crippen LogP contribution in [0.2, 0.25) is 0 Å². The number of rotatable bonds is 4. The van der Waals surface area contributed by atoms with Gasteiger partial charge in [-0.15, -0.1) is 0 Å². The molecule has 0 amide bonds. The summed E-state index contributed by atoms with van der Waals surface area (Å²) >= 11 is 0. The van der Waals surface area contributed by atoms with E-state index < -0.39 is 0 Å². The highest BCUT2D eigenvalue weighted by Crippen LogP contribution is 2.09. The molecule has 0 aliphatic carbocycles. The van der Waals surface area contributed by atoms with Crippen LogP contribution in [-0.2, 0) is 13.0 Å². The van der Waals surface area contributed by atoms with Gasteiger partial charge in [-0.05, 0) is 13.3 Å². The summed E-state index contributed by atoms with van der Waals surface area (Å²) in [4.78, 5) is 6.76. The Morgan fingerprint density at radius 1 is 1.56 bits per heavy atom. The van der Waals surface area contributed by atoms with Gasteiger partial charge in [0.05, 0.1) is 6.54 Å². The van der Waals surface area contributed by atoms with E-state index in [1.165, 1.54) is 0 Å². The number of hydrogen-bond acceptors (Lipinski definition) is 5. The SMILES string of the molecule is CCCc1noc(CN2CCNC[C@@H]2C)n1. The molecule has 1 fully saturated rings. The Morgan fingerprint density at radius 2 is 2.44 bits per heavy atom. The van der Waals surface area contributed by atoms with E-state index in [0.29, 0.717) is 6.04 Å². The lowest BCUT2D eigenvalue weighted by molar-refractivity contribution is 0.146. The molecule has 5 heteroatoms. The molecular formula is C11H20N4O. The second-order valence-electron chi connectivity index (χ2n) is 4.38. The zero-order valence-electron chi connectivity index (χ0n) is 10.1. The molecule has 16 heavy (non-hydrogen) atoms. The van der Waals surface area contributed by atoms with E-state index in [1.54, 1.807) is 0 Å². The lowest BCUT2D eigenvalue weighted by Crippen LogP contribution is -2.49. The van der Waals surface area contributed by atoms with Crippen LogP contribution in [0.3, 0.4) is 0 Å². The van der Waals surface area contributed by atoms with Crippen molar-refractivity contribution in [3.05, 3.63) is 11.7 Å². The molecule has 0 radical (unpaired) electrons. The summed E-state index contributed by atoms with van der Waals surface area (Å²) in [5.41, 5.74) is 0. The zero-order chi connectivity index (χ0) is 11.4. The van der Waals surface area contributed by atoms with Crippen LogP contribution in [0.4, 0.5) is 0 Å². The monoisotopic (exact) mass is 224 g/mol.